The fraction of sp³-hybridized carbons (Fsp3) is 0.0833. The number of nitrogens with two attached hydrogens (primary N) is 1. The SMILES string of the molecule is NC(=O)C(c1ccc(Cl)nn1)c1cc(Cl)ccc1Cl. The molecule has 0 spiro atoms. The lowest BCUT2D eigenvalue weighted by molar-refractivity contribution is -0.118. The van der Waals surface area contributed by atoms with Gasteiger partial charge in [-0.3, -0.25) is 4.79 Å². The number of primary amides is 1. The molecule has 4 nitrogen and oxygen atoms in total. The lowest BCUT2D eigenvalue weighted by Crippen LogP contribution is -2.23. The van der Waals surface area contributed by atoms with Gasteiger partial charge in [-0.15, -0.1) is 5.10 Å². The van der Waals surface area contributed by atoms with Crippen molar-refractivity contribution in [3.8, 4) is 0 Å². The Hall–Kier alpha value is -1.36. The molecule has 0 fully saturated rings. The van der Waals surface area contributed by atoms with Crippen LogP contribution in [-0.2, 0) is 4.79 Å². The van der Waals surface area contributed by atoms with Gasteiger partial charge in [0.15, 0.2) is 5.15 Å². The molecule has 7 heteroatoms. The van der Waals surface area contributed by atoms with Crippen molar-refractivity contribution >= 4 is 40.7 Å². The van der Waals surface area contributed by atoms with Gasteiger partial charge in [-0.1, -0.05) is 34.8 Å². The number of carbonyl (C=O) groups excluding carboxylic acids is 1. The van der Waals surface area contributed by atoms with E-state index < -0.39 is 11.8 Å². The number of rotatable bonds is 3. The van der Waals surface area contributed by atoms with E-state index in [1.807, 2.05) is 0 Å². The van der Waals surface area contributed by atoms with Gasteiger partial charge < -0.3 is 5.73 Å². The molecule has 19 heavy (non-hydrogen) atoms. The van der Waals surface area contributed by atoms with Gasteiger partial charge in [0.1, 0.15) is 5.92 Å². The summed E-state index contributed by atoms with van der Waals surface area (Å²) in [5.74, 6) is -1.42. The summed E-state index contributed by atoms with van der Waals surface area (Å²) in [4.78, 5) is 11.7. The molecule has 2 rings (SSSR count). The molecule has 1 amide bonds. The number of aromatic nitrogens is 2. The maximum Gasteiger partial charge on any atom is 0.231 e. The monoisotopic (exact) mass is 315 g/mol. The average molecular weight is 317 g/mol. The summed E-state index contributed by atoms with van der Waals surface area (Å²) in [6.07, 6.45) is 0. The van der Waals surface area contributed by atoms with Crippen molar-refractivity contribution in [2.45, 2.75) is 5.92 Å². The summed E-state index contributed by atoms with van der Waals surface area (Å²) in [7, 11) is 0. The summed E-state index contributed by atoms with van der Waals surface area (Å²) < 4.78 is 0. The van der Waals surface area contributed by atoms with Crippen molar-refractivity contribution in [3.05, 3.63) is 56.8 Å². The molecule has 0 saturated heterocycles. The first kappa shape index (κ1) is 14.1. The highest BCUT2D eigenvalue weighted by atomic mass is 35.5. The normalized spacial score (nSPS) is 12.2. The first-order valence-electron chi connectivity index (χ1n) is 5.22. The Balaban J connectivity index is 2.54. The van der Waals surface area contributed by atoms with Gasteiger partial charge in [-0.05, 0) is 35.9 Å². The molecule has 1 heterocycles. The average Bonchev–Trinajstić information content (AvgIpc) is 2.36. The number of halogens is 3. The number of hydrogen-bond acceptors (Lipinski definition) is 3. The van der Waals surface area contributed by atoms with Crippen molar-refractivity contribution in [2.24, 2.45) is 5.73 Å². The van der Waals surface area contributed by atoms with Crippen LogP contribution in [0.2, 0.25) is 15.2 Å². The van der Waals surface area contributed by atoms with Gasteiger partial charge in [0, 0.05) is 10.0 Å². The minimum Gasteiger partial charge on any atom is -0.369 e. The summed E-state index contributed by atoms with van der Waals surface area (Å²) in [5.41, 5.74) is 6.26. The molecule has 0 bridgehead atoms. The molecule has 1 atom stereocenters. The van der Waals surface area contributed by atoms with E-state index >= 15 is 0 Å². The summed E-state index contributed by atoms with van der Waals surface area (Å²) >= 11 is 17.6. The first-order chi connectivity index (χ1) is 8.99. The zero-order valence-corrected chi connectivity index (χ0v) is 11.7. The van der Waals surface area contributed by atoms with Crippen molar-refractivity contribution in [3.63, 3.8) is 0 Å². The molecule has 0 radical (unpaired) electrons. The topological polar surface area (TPSA) is 68.9 Å². The van der Waals surface area contributed by atoms with Crippen LogP contribution in [0, 0.1) is 0 Å². The molecular formula is C12H8Cl3N3O. The highest BCUT2D eigenvalue weighted by molar-refractivity contribution is 6.34. The van der Waals surface area contributed by atoms with E-state index in [1.54, 1.807) is 24.3 Å². The molecule has 0 saturated carbocycles. The molecule has 0 aliphatic heterocycles. The fourth-order valence-corrected chi connectivity index (χ4v) is 2.18. The Morgan fingerprint density at radius 1 is 1.11 bits per heavy atom. The molecule has 2 aromatic rings. The van der Waals surface area contributed by atoms with Gasteiger partial charge in [0.05, 0.1) is 5.69 Å². The smallest absolute Gasteiger partial charge is 0.231 e. The Morgan fingerprint density at radius 3 is 2.42 bits per heavy atom. The maximum absolute atomic E-state index is 11.7. The predicted octanol–water partition coefficient (Wildman–Crippen LogP) is 3.05. The molecule has 98 valence electrons. The third-order valence-corrected chi connectivity index (χ3v) is 3.28. The zero-order chi connectivity index (χ0) is 14.0. The van der Waals surface area contributed by atoms with Crippen LogP contribution in [0.5, 0.6) is 0 Å². The summed E-state index contributed by atoms with van der Waals surface area (Å²) in [6, 6.07) is 7.90. The van der Waals surface area contributed by atoms with Gasteiger partial charge in [0.25, 0.3) is 0 Å². The van der Waals surface area contributed by atoms with Crippen LogP contribution in [0.1, 0.15) is 17.2 Å². The number of amides is 1. The quantitative estimate of drug-likeness (QED) is 0.946. The van der Waals surface area contributed by atoms with Gasteiger partial charge in [0.2, 0.25) is 5.91 Å². The van der Waals surface area contributed by atoms with Crippen LogP contribution in [-0.4, -0.2) is 16.1 Å². The van der Waals surface area contributed by atoms with E-state index in [2.05, 4.69) is 10.2 Å². The van der Waals surface area contributed by atoms with Crippen molar-refractivity contribution in [1.29, 1.82) is 0 Å². The summed E-state index contributed by atoms with van der Waals surface area (Å²) in [5, 5.41) is 8.61. The Labute approximate surface area is 124 Å². The maximum atomic E-state index is 11.7. The van der Waals surface area contributed by atoms with Crippen LogP contribution in [0.4, 0.5) is 0 Å². The molecule has 1 aromatic carbocycles. The van der Waals surface area contributed by atoms with E-state index in [4.69, 9.17) is 40.5 Å². The predicted molar refractivity (Wildman–Crippen MR) is 74.5 cm³/mol. The largest absolute Gasteiger partial charge is 0.369 e. The van der Waals surface area contributed by atoms with E-state index in [0.29, 0.717) is 21.3 Å². The molecule has 1 unspecified atom stereocenters. The van der Waals surface area contributed by atoms with E-state index in [-0.39, 0.29) is 5.15 Å². The van der Waals surface area contributed by atoms with Crippen LogP contribution in [0.3, 0.4) is 0 Å². The Morgan fingerprint density at radius 2 is 1.84 bits per heavy atom. The van der Waals surface area contributed by atoms with Crippen molar-refractivity contribution < 1.29 is 4.79 Å². The summed E-state index contributed by atoms with van der Waals surface area (Å²) in [6.45, 7) is 0. The standard InChI is InChI=1S/C12H8Cl3N3O/c13-6-1-2-8(14)7(5-6)11(12(16)19)9-3-4-10(15)18-17-9/h1-5,11H,(H2,16,19). The van der Waals surface area contributed by atoms with Gasteiger partial charge in [-0.25, -0.2) is 0 Å². The van der Waals surface area contributed by atoms with E-state index in [9.17, 15) is 4.79 Å². The van der Waals surface area contributed by atoms with Gasteiger partial charge >= 0.3 is 0 Å². The second-order valence-electron chi connectivity index (χ2n) is 3.78. The molecule has 1 aromatic heterocycles. The zero-order valence-electron chi connectivity index (χ0n) is 9.48. The highest BCUT2D eigenvalue weighted by Crippen LogP contribution is 2.31. The number of benzene rings is 1. The lowest BCUT2D eigenvalue weighted by atomic mass is 9.95. The van der Waals surface area contributed by atoms with Crippen LogP contribution >= 0.6 is 34.8 Å². The van der Waals surface area contributed by atoms with Gasteiger partial charge in [-0.2, -0.15) is 5.10 Å². The minimum absolute atomic E-state index is 0.226. The molecule has 0 aliphatic carbocycles. The van der Waals surface area contributed by atoms with Crippen molar-refractivity contribution in [2.75, 3.05) is 0 Å². The molecule has 0 aliphatic rings. The van der Waals surface area contributed by atoms with Crippen LogP contribution < -0.4 is 5.73 Å². The first-order valence-corrected chi connectivity index (χ1v) is 6.36. The Bertz CT molecular complexity index is 616. The molecular weight excluding hydrogens is 309 g/mol. The van der Waals surface area contributed by atoms with E-state index in [0.717, 1.165) is 0 Å². The van der Waals surface area contributed by atoms with E-state index in [1.165, 1.54) is 6.07 Å². The number of carbonyl (C=O) groups is 1. The lowest BCUT2D eigenvalue weighted by Gasteiger charge is -2.14. The third kappa shape index (κ3) is 3.15. The van der Waals surface area contributed by atoms with Crippen LogP contribution in [0.15, 0.2) is 30.3 Å². The van der Waals surface area contributed by atoms with Crippen LogP contribution in [0.25, 0.3) is 0 Å². The number of hydrogen-bond donors (Lipinski definition) is 1. The minimum atomic E-state index is -0.823. The third-order valence-electron chi connectivity index (χ3n) is 2.50. The highest BCUT2D eigenvalue weighted by Gasteiger charge is 2.24. The Kier molecular flexibility index (Phi) is 4.24. The fourth-order valence-electron chi connectivity index (χ4n) is 1.67. The number of nitrogens with zero attached hydrogens (tertiary/aromatic N) is 2. The second kappa shape index (κ2) is 5.74. The second-order valence-corrected chi connectivity index (χ2v) is 5.01. The van der Waals surface area contributed by atoms with Crippen molar-refractivity contribution in [1.82, 2.24) is 10.2 Å². The molecule has 2 N–H and O–H groups in total.